The molecule has 94 valence electrons. The molecule has 0 N–H and O–H groups in total. The quantitative estimate of drug-likeness (QED) is 0.726. The molecule has 0 bridgehead atoms. The standard InChI is InChI=1S/C10H14F2N4O/c11-10(12)4-13-3-9-6-16(15-14-9)5-8-1-2-17-7-8/h3,6,8,10H,1-2,4-5,7H2. The van der Waals surface area contributed by atoms with Gasteiger partial charge in [-0.25, -0.2) is 8.78 Å². The lowest BCUT2D eigenvalue weighted by molar-refractivity contribution is 0.159. The first-order chi connectivity index (χ1) is 8.24. The molecular formula is C10H14F2N4O. The summed E-state index contributed by atoms with van der Waals surface area (Å²) in [5.41, 5.74) is 0.504. The van der Waals surface area contributed by atoms with Crippen LogP contribution in [0, 0.1) is 5.92 Å². The Kier molecular flexibility index (Phi) is 4.13. The Morgan fingerprint density at radius 2 is 2.53 bits per heavy atom. The zero-order valence-electron chi connectivity index (χ0n) is 9.30. The van der Waals surface area contributed by atoms with Gasteiger partial charge in [0.05, 0.1) is 25.6 Å². The predicted octanol–water partition coefficient (Wildman–Crippen LogP) is 0.999. The van der Waals surface area contributed by atoms with Gasteiger partial charge in [-0.2, -0.15) is 0 Å². The van der Waals surface area contributed by atoms with Gasteiger partial charge in [0.15, 0.2) is 0 Å². The van der Waals surface area contributed by atoms with Crippen LogP contribution in [0.2, 0.25) is 0 Å². The molecule has 0 aliphatic carbocycles. The molecule has 0 spiro atoms. The first kappa shape index (κ1) is 12.1. The van der Waals surface area contributed by atoms with Crippen LogP contribution in [0.15, 0.2) is 11.2 Å². The molecular weight excluding hydrogens is 230 g/mol. The van der Waals surface area contributed by atoms with E-state index in [-0.39, 0.29) is 0 Å². The number of hydrogen-bond acceptors (Lipinski definition) is 4. The lowest BCUT2D eigenvalue weighted by Crippen LogP contribution is -2.11. The van der Waals surface area contributed by atoms with Gasteiger partial charge in [-0.05, 0) is 6.42 Å². The van der Waals surface area contributed by atoms with Gasteiger partial charge < -0.3 is 4.74 Å². The van der Waals surface area contributed by atoms with Crippen LogP contribution in [-0.4, -0.2) is 47.4 Å². The van der Waals surface area contributed by atoms with E-state index in [2.05, 4.69) is 15.3 Å². The van der Waals surface area contributed by atoms with Crippen LogP contribution in [0.3, 0.4) is 0 Å². The van der Waals surface area contributed by atoms with Crippen LogP contribution >= 0.6 is 0 Å². The second-order valence-corrected chi connectivity index (χ2v) is 3.98. The normalized spacial score (nSPS) is 20.8. The molecule has 1 unspecified atom stereocenters. The number of alkyl halides is 2. The van der Waals surface area contributed by atoms with Crippen LogP contribution in [0.5, 0.6) is 0 Å². The first-order valence-corrected chi connectivity index (χ1v) is 5.50. The summed E-state index contributed by atoms with van der Waals surface area (Å²) in [5, 5.41) is 7.74. The Labute approximate surface area is 97.5 Å². The van der Waals surface area contributed by atoms with Crippen molar-refractivity contribution in [1.29, 1.82) is 0 Å². The predicted molar refractivity (Wildman–Crippen MR) is 57.4 cm³/mol. The minimum absolute atomic E-state index is 0.461. The fourth-order valence-corrected chi connectivity index (χ4v) is 1.68. The molecule has 1 aromatic rings. The Morgan fingerprint density at radius 3 is 3.24 bits per heavy atom. The highest BCUT2D eigenvalue weighted by atomic mass is 19.3. The van der Waals surface area contributed by atoms with Crippen LogP contribution in [0.1, 0.15) is 12.1 Å². The zero-order chi connectivity index (χ0) is 12.1. The number of ether oxygens (including phenoxy) is 1. The van der Waals surface area contributed by atoms with Gasteiger partial charge in [-0.15, -0.1) is 5.10 Å². The second-order valence-electron chi connectivity index (χ2n) is 3.98. The lowest BCUT2D eigenvalue weighted by Gasteiger charge is -2.05. The minimum atomic E-state index is -2.42. The number of aliphatic imine (C=N–C) groups is 1. The second kappa shape index (κ2) is 5.81. The molecule has 2 rings (SSSR count). The van der Waals surface area contributed by atoms with Crippen LogP contribution in [0.4, 0.5) is 8.78 Å². The molecule has 17 heavy (non-hydrogen) atoms. The molecule has 1 atom stereocenters. The highest BCUT2D eigenvalue weighted by Crippen LogP contribution is 2.13. The van der Waals surface area contributed by atoms with Gasteiger partial charge >= 0.3 is 0 Å². The van der Waals surface area contributed by atoms with Crippen molar-refractivity contribution < 1.29 is 13.5 Å². The van der Waals surface area contributed by atoms with Crippen LogP contribution in [0.25, 0.3) is 0 Å². The summed E-state index contributed by atoms with van der Waals surface area (Å²) >= 11 is 0. The van der Waals surface area contributed by atoms with Crippen molar-refractivity contribution in [2.75, 3.05) is 19.8 Å². The first-order valence-electron chi connectivity index (χ1n) is 5.50. The number of hydrogen-bond donors (Lipinski definition) is 0. The van der Waals surface area contributed by atoms with Gasteiger partial charge in [-0.3, -0.25) is 9.67 Å². The maximum absolute atomic E-state index is 11.8. The van der Waals surface area contributed by atoms with Crippen molar-refractivity contribution in [3.05, 3.63) is 11.9 Å². The maximum Gasteiger partial charge on any atom is 0.257 e. The van der Waals surface area contributed by atoms with Gasteiger partial charge in [-0.1, -0.05) is 5.21 Å². The van der Waals surface area contributed by atoms with Gasteiger partial charge in [0.25, 0.3) is 6.43 Å². The summed E-state index contributed by atoms with van der Waals surface area (Å²) in [5.74, 6) is 0.461. The van der Waals surface area contributed by atoms with Gasteiger partial charge in [0.1, 0.15) is 5.69 Å². The average molecular weight is 244 g/mol. The summed E-state index contributed by atoms with van der Waals surface area (Å²) in [4.78, 5) is 3.57. The topological polar surface area (TPSA) is 52.3 Å². The molecule has 7 heteroatoms. The fourth-order valence-electron chi connectivity index (χ4n) is 1.68. The van der Waals surface area contributed by atoms with Crippen molar-refractivity contribution in [1.82, 2.24) is 15.0 Å². The van der Waals surface area contributed by atoms with Crippen molar-refractivity contribution >= 4 is 6.21 Å². The van der Waals surface area contributed by atoms with Crippen molar-refractivity contribution in [3.8, 4) is 0 Å². The van der Waals surface area contributed by atoms with Gasteiger partial charge in [0.2, 0.25) is 0 Å². The van der Waals surface area contributed by atoms with Crippen molar-refractivity contribution in [3.63, 3.8) is 0 Å². The zero-order valence-corrected chi connectivity index (χ0v) is 9.30. The van der Waals surface area contributed by atoms with E-state index in [1.807, 2.05) is 0 Å². The molecule has 1 aromatic heterocycles. The molecule has 1 fully saturated rings. The van der Waals surface area contributed by atoms with E-state index < -0.39 is 13.0 Å². The van der Waals surface area contributed by atoms with E-state index in [0.29, 0.717) is 11.6 Å². The molecule has 1 saturated heterocycles. The summed E-state index contributed by atoms with van der Waals surface area (Å²) in [6.07, 6.45) is 1.62. The molecule has 1 aliphatic heterocycles. The summed E-state index contributed by atoms with van der Waals surface area (Å²) < 4.78 is 30.6. The number of nitrogens with zero attached hydrogens (tertiary/aromatic N) is 4. The molecule has 2 heterocycles. The number of aromatic nitrogens is 3. The lowest BCUT2D eigenvalue weighted by atomic mass is 10.1. The Morgan fingerprint density at radius 1 is 1.65 bits per heavy atom. The maximum atomic E-state index is 11.8. The van der Waals surface area contributed by atoms with E-state index in [0.717, 1.165) is 26.2 Å². The fraction of sp³-hybridized carbons (Fsp3) is 0.700. The third-order valence-electron chi connectivity index (χ3n) is 2.49. The summed E-state index contributed by atoms with van der Waals surface area (Å²) in [6.45, 7) is 1.79. The van der Waals surface area contributed by atoms with E-state index in [1.54, 1.807) is 10.9 Å². The molecule has 0 amide bonds. The average Bonchev–Trinajstić information content (AvgIpc) is 2.90. The molecule has 1 aliphatic rings. The monoisotopic (exact) mass is 244 g/mol. The minimum Gasteiger partial charge on any atom is -0.381 e. The van der Waals surface area contributed by atoms with Crippen molar-refractivity contribution in [2.45, 2.75) is 19.4 Å². The smallest absolute Gasteiger partial charge is 0.257 e. The van der Waals surface area contributed by atoms with Crippen molar-refractivity contribution in [2.24, 2.45) is 10.9 Å². The number of rotatable bonds is 5. The highest BCUT2D eigenvalue weighted by Gasteiger charge is 2.16. The molecule has 5 nitrogen and oxygen atoms in total. The summed E-state index contributed by atoms with van der Waals surface area (Å²) in [7, 11) is 0. The Bertz CT molecular complexity index is 374. The van der Waals surface area contributed by atoms with Crippen LogP contribution < -0.4 is 0 Å². The molecule has 0 saturated carbocycles. The Hall–Kier alpha value is -1.37. The SMILES string of the molecule is FC(F)CN=Cc1cn(CC2CCOC2)nn1. The third-order valence-corrected chi connectivity index (χ3v) is 2.49. The van der Waals surface area contributed by atoms with E-state index in [9.17, 15) is 8.78 Å². The van der Waals surface area contributed by atoms with E-state index in [1.165, 1.54) is 6.21 Å². The largest absolute Gasteiger partial charge is 0.381 e. The Balaban J connectivity index is 1.84. The third kappa shape index (κ3) is 3.85. The summed E-state index contributed by atoms with van der Waals surface area (Å²) in [6, 6.07) is 0. The van der Waals surface area contributed by atoms with E-state index in [4.69, 9.17) is 4.74 Å². The van der Waals surface area contributed by atoms with E-state index >= 15 is 0 Å². The van der Waals surface area contributed by atoms with Crippen LogP contribution in [-0.2, 0) is 11.3 Å². The van der Waals surface area contributed by atoms with Gasteiger partial charge in [0, 0.05) is 19.1 Å². The highest BCUT2D eigenvalue weighted by molar-refractivity contribution is 5.76. The molecule has 0 radical (unpaired) electrons. The number of halogens is 2. The molecule has 0 aromatic carbocycles.